The van der Waals surface area contributed by atoms with E-state index >= 15 is 0 Å². The summed E-state index contributed by atoms with van der Waals surface area (Å²) >= 11 is 6.22. The number of benzene rings is 1. The third-order valence-electron chi connectivity index (χ3n) is 5.01. The fourth-order valence-electron chi connectivity index (χ4n) is 3.37. The first-order chi connectivity index (χ1) is 10.4. The Hall–Kier alpha value is -1.55. The third kappa shape index (κ3) is 2.72. The lowest BCUT2D eigenvalue weighted by molar-refractivity contribution is -0.142. The number of nitrogens with zero attached hydrogens (tertiary/aromatic N) is 1. The highest BCUT2D eigenvalue weighted by atomic mass is 35.5. The molecular formula is C17H20ClNO3. The summed E-state index contributed by atoms with van der Waals surface area (Å²) in [6.45, 7) is 4.72. The monoisotopic (exact) mass is 321 g/mol. The van der Waals surface area contributed by atoms with Crippen LogP contribution in [0.25, 0.3) is 0 Å². The number of rotatable bonds is 3. The molecule has 1 saturated carbocycles. The van der Waals surface area contributed by atoms with Crippen LogP contribution in [0.4, 0.5) is 0 Å². The topological polar surface area (TPSA) is 57.6 Å². The van der Waals surface area contributed by atoms with E-state index in [4.69, 9.17) is 11.6 Å². The highest BCUT2D eigenvalue weighted by molar-refractivity contribution is 6.34. The van der Waals surface area contributed by atoms with Crippen molar-refractivity contribution in [2.45, 2.75) is 26.7 Å². The van der Waals surface area contributed by atoms with Gasteiger partial charge in [-0.05, 0) is 61.8 Å². The molecule has 3 rings (SSSR count). The van der Waals surface area contributed by atoms with Crippen LogP contribution in [0.3, 0.4) is 0 Å². The van der Waals surface area contributed by atoms with Gasteiger partial charge < -0.3 is 10.0 Å². The lowest BCUT2D eigenvalue weighted by atomic mass is 9.92. The molecule has 1 amide bonds. The molecule has 0 aromatic heterocycles. The molecule has 1 aromatic rings. The van der Waals surface area contributed by atoms with Crippen molar-refractivity contribution in [1.29, 1.82) is 0 Å². The Morgan fingerprint density at radius 2 is 1.82 bits per heavy atom. The van der Waals surface area contributed by atoms with Gasteiger partial charge >= 0.3 is 5.97 Å². The van der Waals surface area contributed by atoms with Crippen LogP contribution in [0.5, 0.6) is 0 Å². The fourth-order valence-corrected chi connectivity index (χ4v) is 3.67. The summed E-state index contributed by atoms with van der Waals surface area (Å²) in [5, 5.41) is 9.84. The molecule has 1 saturated heterocycles. The summed E-state index contributed by atoms with van der Waals surface area (Å²) in [7, 11) is 0. The van der Waals surface area contributed by atoms with Crippen molar-refractivity contribution < 1.29 is 14.7 Å². The number of hydrogen-bond acceptors (Lipinski definition) is 2. The maximum atomic E-state index is 12.7. The zero-order valence-electron chi connectivity index (χ0n) is 12.8. The van der Waals surface area contributed by atoms with Crippen molar-refractivity contribution in [3.8, 4) is 0 Å². The SMILES string of the molecule is Cc1cc(Cl)c(C(=O)N2C[C@H](C(=O)O)[C@@H](C3CC3)C2)cc1C. The van der Waals surface area contributed by atoms with Gasteiger partial charge in [-0.25, -0.2) is 0 Å². The summed E-state index contributed by atoms with van der Waals surface area (Å²) < 4.78 is 0. The predicted molar refractivity (Wildman–Crippen MR) is 84.2 cm³/mol. The number of carboxylic acids is 1. The molecule has 22 heavy (non-hydrogen) atoms. The second kappa shape index (κ2) is 5.58. The average Bonchev–Trinajstić information content (AvgIpc) is 3.20. The molecule has 0 spiro atoms. The van der Waals surface area contributed by atoms with Crippen molar-refractivity contribution >= 4 is 23.5 Å². The summed E-state index contributed by atoms with van der Waals surface area (Å²) in [6, 6.07) is 3.60. The molecule has 0 radical (unpaired) electrons. The number of hydrogen-bond donors (Lipinski definition) is 1. The van der Waals surface area contributed by atoms with E-state index in [1.165, 1.54) is 0 Å². The van der Waals surface area contributed by atoms with E-state index in [1.807, 2.05) is 13.8 Å². The van der Waals surface area contributed by atoms with Crippen LogP contribution >= 0.6 is 11.6 Å². The lowest BCUT2D eigenvalue weighted by Crippen LogP contribution is -2.30. The largest absolute Gasteiger partial charge is 0.481 e. The van der Waals surface area contributed by atoms with Crippen molar-refractivity contribution in [1.82, 2.24) is 4.90 Å². The van der Waals surface area contributed by atoms with Gasteiger partial charge in [-0.3, -0.25) is 9.59 Å². The number of aryl methyl sites for hydroxylation is 2. The molecule has 1 aliphatic carbocycles. The van der Waals surface area contributed by atoms with Gasteiger partial charge in [0.2, 0.25) is 0 Å². The number of likely N-dealkylation sites (tertiary alicyclic amines) is 1. The van der Waals surface area contributed by atoms with E-state index < -0.39 is 11.9 Å². The number of carbonyl (C=O) groups excluding carboxylic acids is 1. The number of carboxylic acid groups (broad SMARTS) is 1. The molecule has 1 N–H and O–H groups in total. The molecule has 0 bridgehead atoms. The lowest BCUT2D eigenvalue weighted by Gasteiger charge is -2.18. The highest BCUT2D eigenvalue weighted by Crippen LogP contribution is 2.44. The van der Waals surface area contributed by atoms with Crippen molar-refractivity contribution in [3.63, 3.8) is 0 Å². The smallest absolute Gasteiger partial charge is 0.308 e. The Labute approximate surface area is 135 Å². The Balaban J connectivity index is 1.84. The van der Waals surface area contributed by atoms with Crippen LogP contribution in [-0.4, -0.2) is 35.0 Å². The molecule has 2 fully saturated rings. The zero-order chi connectivity index (χ0) is 16.0. The Kier molecular flexibility index (Phi) is 3.89. The van der Waals surface area contributed by atoms with Gasteiger partial charge in [0.05, 0.1) is 16.5 Å². The molecular weight excluding hydrogens is 302 g/mol. The fraction of sp³-hybridized carbons (Fsp3) is 0.529. The van der Waals surface area contributed by atoms with E-state index in [1.54, 1.807) is 17.0 Å². The predicted octanol–water partition coefficient (Wildman–Crippen LogP) is 3.14. The van der Waals surface area contributed by atoms with E-state index in [0.717, 1.165) is 24.0 Å². The van der Waals surface area contributed by atoms with E-state index in [-0.39, 0.29) is 11.8 Å². The molecule has 1 aliphatic heterocycles. The van der Waals surface area contributed by atoms with Crippen LogP contribution in [-0.2, 0) is 4.79 Å². The summed E-state index contributed by atoms with van der Waals surface area (Å²) in [4.78, 5) is 25.9. The second-order valence-corrected chi connectivity index (χ2v) is 6.98. The van der Waals surface area contributed by atoms with Crippen LogP contribution in [0.15, 0.2) is 12.1 Å². The Morgan fingerprint density at radius 3 is 2.41 bits per heavy atom. The van der Waals surface area contributed by atoms with Gasteiger partial charge in [0, 0.05) is 13.1 Å². The Bertz CT molecular complexity index is 639. The van der Waals surface area contributed by atoms with Crippen LogP contribution in [0, 0.1) is 31.6 Å². The minimum absolute atomic E-state index is 0.0896. The van der Waals surface area contributed by atoms with Crippen LogP contribution in [0.2, 0.25) is 5.02 Å². The summed E-state index contributed by atoms with van der Waals surface area (Å²) in [5.41, 5.74) is 2.54. The summed E-state index contributed by atoms with van der Waals surface area (Å²) in [6.07, 6.45) is 2.17. The van der Waals surface area contributed by atoms with E-state index in [2.05, 4.69) is 0 Å². The zero-order valence-corrected chi connectivity index (χ0v) is 13.6. The number of amides is 1. The molecule has 1 aromatic carbocycles. The van der Waals surface area contributed by atoms with Crippen molar-refractivity contribution in [2.75, 3.05) is 13.1 Å². The molecule has 118 valence electrons. The van der Waals surface area contributed by atoms with Gasteiger partial charge in [0.1, 0.15) is 0 Å². The van der Waals surface area contributed by atoms with Crippen LogP contribution in [0.1, 0.15) is 34.3 Å². The van der Waals surface area contributed by atoms with Gasteiger partial charge in [0.25, 0.3) is 5.91 Å². The molecule has 0 unspecified atom stereocenters. The quantitative estimate of drug-likeness (QED) is 0.930. The standard InChI is InChI=1S/C17H20ClNO3/c1-9-5-12(15(18)6-10(9)2)16(20)19-7-13(11-3-4-11)14(8-19)17(21)22/h5-6,11,13-14H,3-4,7-8H2,1-2H3,(H,21,22)/t13-,14+/m1/s1. The molecule has 2 aliphatic rings. The van der Waals surface area contributed by atoms with E-state index in [9.17, 15) is 14.7 Å². The maximum absolute atomic E-state index is 12.7. The Morgan fingerprint density at radius 1 is 1.18 bits per heavy atom. The van der Waals surface area contributed by atoms with Gasteiger partial charge in [-0.2, -0.15) is 0 Å². The first-order valence-electron chi connectivity index (χ1n) is 7.67. The number of aliphatic carboxylic acids is 1. The second-order valence-electron chi connectivity index (χ2n) is 6.57. The molecule has 4 nitrogen and oxygen atoms in total. The highest BCUT2D eigenvalue weighted by Gasteiger charge is 2.47. The molecule has 1 heterocycles. The molecule has 5 heteroatoms. The van der Waals surface area contributed by atoms with Crippen molar-refractivity contribution in [3.05, 3.63) is 33.8 Å². The van der Waals surface area contributed by atoms with Gasteiger partial charge in [0.15, 0.2) is 0 Å². The number of halogens is 1. The normalized spacial score (nSPS) is 24.6. The van der Waals surface area contributed by atoms with Crippen molar-refractivity contribution in [2.24, 2.45) is 17.8 Å². The van der Waals surface area contributed by atoms with Gasteiger partial charge in [-0.15, -0.1) is 0 Å². The average molecular weight is 322 g/mol. The van der Waals surface area contributed by atoms with Crippen LogP contribution < -0.4 is 0 Å². The first-order valence-corrected chi connectivity index (χ1v) is 8.05. The summed E-state index contributed by atoms with van der Waals surface area (Å²) in [5.74, 6) is -0.830. The minimum atomic E-state index is -0.793. The maximum Gasteiger partial charge on any atom is 0.308 e. The number of carbonyl (C=O) groups is 2. The molecule has 2 atom stereocenters. The van der Waals surface area contributed by atoms with Gasteiger partial charge in [-0.1, -0.05) is 11.6 Å². The minimum Gasteiger partial charge on any atom is -0.481 e. The third-order valence-corrected chi connectivity index (χ3v) is 5.32. The first kappa shape index (κ1) is 15.3. The van der Waals surface area contributed by atoms with E-state index in [0.29, 0.717) is 29.6 Å².